The normalized spacial score (nSPS) is 12.5. The van der Waals surface area contributed by atoms with Crippen molar-refractivity contribution in [2.24, 2.45) is 13.0 Å². The molecule has 2 heterocycles. The summed E-state index contributed by atoms with van der Waals surface area (Å²) in [5.41, 5.74) is 4.28. The van der Waals surface area contributed by atoms with Gasteiger partial charge in [0, 0.05) is 18.7 Å². The molecular formula is C18H22N4OS. The van der Waals surface area contributed by atoms with Crippen molar-refractivity contribution in [3.05, 3.63) is 46.2 Å². The molecule has 1 N–H and O–H groups in total. The zero-order valence-corrected chi connectivity index (χ0v) is 15.3. The average Bonchev–Trinajstić information content (AvgIpc) is 3.08. The van der Waals surface area contributed by atoms with E-state index in [1.165, 1.54) is 5.56 Å². The van der Waals surface area contributed by atoms with Crippen LogP contribution in [0.1, 0.15) is 28.9 Å². The van der Waals surface area contributed by atoms with Crippen LogP contribution in [0.15, 0.2) is 24.3 Å². The highest BCUT2D eigenvalue weighted by Gasteiger charge is 2.18. The fourth-order valence-corrected chi connectivity index (χ4v) is 3.75. The van der Waals surface area contributed by atoms with E-state index in [2.05, 4.69) is 21.5 Å². The minimum atomic E-state index is -0.0963. The molecule has 0 saturated heterocycles. The summed E-state index contributed by atoms with van der Waals surface area (Å²) in [6.45, 7) is 6.47. The van der Waals surface area contributed by atoms with Crippen LogP contribution >= 0.6 is 11.3 Å². The number of nitrogens with zero attached hydrogens (tertiary/aromatic N) is 3. The Bertz CT molecular complexity index is 847. The van der Waals surface area contributed by atoms with Crippen molar-refractivity contribution in [3.63, 3.8) is 0 Å². The Morgan fingerprint density at radius 2 is 2.08 bits per heavy atom. The van der Waals surface area contributed by atoms with E-state index in [4.69, 9.17) is 0 Å². The molecular weight excluding hydrogens is 320 g/mol. The lowest BCUT2D eigenvalue weighted by Crippen LogP contribution is -2.30. The lowest BCUT2D eigenvalue weighted by atomic mass is 9.99. The summed E-state index contributed by atoms with van der Waals surface area (Å²) in [7, 11) is 1.93. The zero-order chi connectivity index (χ0) is 17.3. The van der Waals surface area contributed by atoms with E-state index in [-0.39, 0.29) is 11.8 Å². The number of carbonyl (C=O) groups excluding carboxylic acids is 1. The van der Waals surface area contributed by atoms with Crippen LogP contribution in [0.5, 0.6) is 0 Å². The van der Waals surface area contributed by atoms with Crippen LogP contribution in [0.25, 0.3) is 10.2 Å². The largest absolute Gasteiger partial charge is 0.349 e. The highest BCUT2D eigenvalue weighted by atomic mass is 32.1. The first-order valence-corrected chi connectivity index (χ1v) is 8.88. The van der Waals surface area contributed by atoms with Crippen molar-refractivity contribution in [2.75, 3.05) is 0 Å². The van der Waals surface area contributed by atoms with Gasteiger partial charge in [0.05, 0.1) is 22.5 Å². The quantitative estimate of drug-likeness (QED) is 0.775. The number of thiazole rings is 1. The SMILES string of the molecule is Cc1nn(C)c(C)c1C[C@H](C)C(=O)NCc1nc2ccccc2s1. The second kappa shape index (κ2) is 6.73. The van der Waals surface area contributed by atoms with Crippen LogP contribution in [0.2, 0.25) is 0 Å². The number of hydrogen-bond donors (Lipinski definition) is 1. The van der Waals surface area contributed by atoms with Gasteiger partial charge >= 0.3 is 0 Å². The molecule has 6 heteroatoms. The van der Waals surface area contributed by atoms with Crippen molar-refractivity contribution < 1.29 is 4.79 Å². The summed E-state index contributed by atoms with van der Waals surface area (Å²) >= 11 is 1.62. The van der Waals surface area contributed by atoms with Gasteiger partial charge in [0.25, 0.3) is 0 Å². The van der Waals surface area contributed by atoms with E-state index in [0.717, 1.165) is 26.6 Å². The average molecular weight is 342 g/mol. The molecule has 3 rings (SSSR count). The molecule has 0 aliphatic rings. The number of carbonyl (C=O) groups is 1. The van der Waals surface area contributed by atoms with Gasteiger partial charge in [0.2, 0.25) is 5.91 Å². The molecule has 0 bridgehead atoms. The van der Waals surface area contributed by atoms with Crippen LogP contribution in [-0.4, -0.2) is 20.7 Å². The van der Waals surface area contributed by atoms with Gasteiger partial charge in [-0.3, -0.25) is 9.48 Å². The number of para-hydroxylation sites is 1. The summed E-state index contributed by atoms with van der Waals surface area (Å²) in [5, 5.41) is 8.36. The van der Waals surface area contributed by atoms with Gasteiger partial charge in [0.15, 0.2) is 0 Å². The van der Waals surface area contributed by atoms with E-state index in [0.29, 0.717) is 13.0 Å². The molecule has 0 radical (unpaired) electrons. The molecule has 2 aromatic heterocycles. The van der Waals surface area contributed by atoms with Gasteiger partial charge in [-0.2, -0.15) is 5.10 Å². The minimum Gasteiger partial charge on any atom is -0.349 e. The Morgan fingerprint density at radius 1 is 1.33 bits per heavy atom. The molecule has 0 aliphatic heterocycles. The molecule has 126 valence electrons. The first kappa shape index (κ1) is 16.6. The van der Waals surface area contributed by atoms with Crippen LogP contribution < -0.4 is 5.32 Å². The Hall–Kier alpha value is -2.21. The third-order valence-corrected chi connectivity index (χ3v) is 5.41. The number of rotatable bonds is 5. The fraction of sp³-hybridized carbons (Fsp3) is 0.389. The molecule has 3 aromatic rings. The van der Waals surface area contributed by atoms with Crippen LogP contribution in [-0.2, 0) is 24.8 Å². The number of aryl methyl sites for hydroxylation is 2. The zero-order valence-electron chi connectivity index (χ0n) is 14.5. The Morgan fingerprint density at radius 3 is 2.75 bits per heavy atom. The molecule has 0 aliphatic carbocycles. The first-order valence-electron chi connectivity index (χ1n) is 8.07. The van der Waals surface area contributed by atoms with Gasteiger partial charge in [-0.05, 0) is 38.0 Å². The maximum Gasteiger partial charge on any atom is 0.223 e. The second-order valence-electron chi connectivity index (χ2n) is 6.17. The number of benzene rings is 1. The number of nitrogens with one attached hydrogen (secondary N) is 1. The first-order chi connectivity index (χ1) is 11.5. The predicted octanol–water partition coefficient (Wildman–Crippen LogP) is 3.14. The Labute approximate surface area is 145 Å². The topological polar surface area (TPSA) is 59.8 Å². The van der Waals surface area contributed by atoms with E-state index in [1.807, 2.05) is 50.7 Å². The van der Waals surface area contributed by atoms with Crippen LogP contribution in [0.3, 0.4) is 0 Å². The summed E-state index contributed by atoms with van der Waals surface area (Å²) < 4.78 is 3.02. The van der Waals surface area contributed by atoms with E-state index in [1.54, 1.807) is 11.3 Å². The number of fused-ring (bicyclic) bond motifs is 1. The molecule has 1 aromatic carbocycles. The highest BCUT2D eigenvalue weighted by molar-refractivity contribution is 7.18. The molecule has 0 saturated carbocycles. The maximum absolute atomic E-state index is 12.4. The van der Waals surface area contributed by atoms with Gasteiger partial charge in [0.1, 0.15) is 5.01 Å². The number of aromatic nitrogens is 3. The third-order valence-electron chi connectivity index (χ3n) is 4.37. The molecule has 0 unspecified atom stereocenters. The van der Waals surface area contributed by atoms with E-state index in [9.17, 15) is 4.79 Å². The van der Waals surface area contributed by atoms with Gasteiger partial charge < -0.3 is 5.32 Å². The van der Waals surface area contributed by atoms with Gasteiger partial charge in [-0.25, -0.2) is 4.98 Å². The molecule has 0 fully saturated rings. The second-order valence-corrected chi connectivity index (χ2v) is 7.29. The Balaban J connectivity index is 1.61. The highest BCUT2D eigenvalue weighted by Crippen LogP contribution is 2.21. The lowest BCUT2D eigenvalue weighted by Gasteiger charge is -2.12. The van der Waals surface area contributed by atoms with Crippen molar-refractivity contribution in [1.29, 1.82) is 0 Å². The standard InChI is InChI=1S/C18H22N4OS/c1-11(9-14-12(2)21-22(4)13(14)3)18(23)19-10-17-20-15-7-5-6-8-16(15)24-17/h5-8,11H,9-10H2,1-4H3,(H,19,23)/t11-/m0/s1. The molecule has 24 heavy (non-hydrogen) atoms. The van der Waals surface area contributed by atoms with Crippen molar-refractivity contribution in [1.82, 2.24) is 20.1 Å². The summed E-state index contributed by atoms with van der Waals surface area (Å²) in [6.07, 6.45) is 0.706. The summed E-state index contributed by atoms with van der Waals surface area (Å²) in [5.74, 6) is -0.0436. The van der Waals surface area contributed by atoms with E-state index >= 15 is 0 Å². The minimum absolute atomic E-state index is 0.0527. The maximum atomic E-state index is 12.4. The molecule has 1 amide bonds. The van der Waals surface area contributed by atoms with Crippen LogP contribution in [0, 0.1) is 19.8 Å². The molecule has 1 atom stereocenters. The van der Waals surface area contributed by atoms with Crippen LogP contribution in [0.4, 0.5) is 0 Å². The number of hydrogen-bond acceptors (Lipinski definition) is 4. The van der Waals surface area contributed by atoms with Gasteiger partial charge in [-0.15, -0.1) is 11.3 Å². The summed E-state index contributed by atoms with van der Waals surface area (Å²) in [4.78, 5) is 17.0. The van der Waals surface area contributed by atoms with Crippen molar-refractivity contribution in [3.8, 4) is 0 Å². The third kappa shape index (κ3) is 3.33. The fourth-order valence-electron chi connectivity index (χ4n) is 2.84. The predicted molar refractivity (Wildman–Crippen MR) is 97.0 cm³/mol. The number of amides is 1. The molecule has 5 nitrogen and oxygen atoms in total. The summed E-state index contributed by atoms with van der Waals surface area (Å²) in [6, 6.07) is 8.03. The smallest absolute Gasteiger partial charge is 0.223 e. The lowest BCUT2D eigenvalue weighted by molar-refractivity contribution is -0.124. The monoisotopic (exact) mass is 342 g/mol. The van der Waals surface area contributed by atoms with E-state index < -0.39 is 0 Å². The van der Waals surface area contributed by atoms with Crippen molar-refractivity contribution >= 4 is 27.5 Å². The van der Waals surface area contributed by atoms with Gasteiger partial charge in [-0.1, -0.05) is 19.1 Å². The Kier molecular flexibility index (Phi) is 4.66. The van der Waals surface area contributed by atoms with Crippen molar-refractivity contribution in [2.45, 2.75) is 33.7 Å². The molecule has 0 spiro atoms.